The van der Waals surface area contributed by atoms with Crippen LogP contribution in [-0.2, 0) is 6.54 Å². The molecular formula is C29H30N8. The predicted molar refractivity (Wildman–Crippen MR) is 148 cm³/mol. The minimum Gasteiger partial charge on any atom is -0.358 e. The van der Waals surface area contributed by atoms with E-state index >= 15 is 0 Å². The summed E-state index contributed by atoms with van der Waals surface area (Å²) < 4.78 is 0. The van der Waals surface area contributed by atoms with Crippen molar-refractivity contribution in [3.63, 3.8) is 0 Å². The molecule has 1 aliphatic heterocycles. The lowest BCUT2D eigenvalue weighted by Gasteiger charge is -2.19. The fourth-order valence-electron chi connectivity index (χ4n) is 5.04. The van der Waals surface area contributed by atoms with E-state index in [2.05, 4.69) is 78.8 Å². The Labute approximate surface area is 216 Å². The molecule has 1 aromatic carbocycles. The molecule has 0 spiro atoms. The van der Waals surface area contributed by atoms with Gasteiger partial charge in [-0.05, 0) is 66.5 Å². The first kappa shape index (κ1) is 23.1. The number of hydrogen-bond acceptors (Lipinski definition) is 7. The van der Waals surface area contributed by atoms with Crippen LogP contribution in [0.25, 0.3) is 33.2 Å². The smallest absolute Gasteiger partial charge is 0.141 e. The highest BCUT2D eigenvalue weighted by Gasteiger charge is 2.27. The van der Waals surface area contributed by atoms with Crippen LogP contribution < -0.4 is 10.6 Å². The number of benzene rings is 1. The average molecular weight is 491 g/mol. The number of anilines is 2. The standard InChI is InChI=1S/C29H30N8/c1-3-11-37(4-2)18-19-12-22(15-31-14-19)21-5-6-25-23(13-21)28(36-35-25)29-33-26-17-32-16-24(27(26)34-29)20-7-9-30-10-8-20/h5-10,12-17,29,33-34H,3-4,11,18H2,1-2H3,(H,35,36). The zero-order chi connectivity index (χ0) is 25.2. The molecule has 0 amide bonds. The van der Waals surface area contributed by atoms with E-state index in [1.165, 1.54) is 5.56 Å². The molecule has 0 aliphatic carbocycles. The SMILES string of the molecule is CCCN(CC)Cc1cncc(-c2ccc3n[nH]c(C4Nc5cncc(-c6ccncc6)c5N4)c3c2)c1. The Bertz CT molecular complexity index is 1530. The van der Waals surface area contributed by atoms with Gasteiger partial charge in [0.05, 0.1) is 28.8 Å². The van der Waals surface area contributed by atoms with Crippen molar-refractivity contribution in [3.05, 3.63) is 84.8 Å². The van der Waals surface area contributed by atoms with Gasteiger partial charge in [0, 0.05) is 54.0 Å². The second-order valence-corrected chi connectivity index (χ2v) is 9.39. The molecule has 4 aromatic heterocycles. The van der Waals surface area contributed by atoms with Gasteiger partial charge in [-0.3, -0.25) is 25.0 Å². The molecule has 5 aromatic rings. The first-order valence-electron chi connectivity index (χ1n) is 12.8. The van der Waals surface area contributed by atoms with Gasteiger partial charge in [-0.15, -0.1) is 0 Å². The van der Waals surface area contributed by atoms with E-state index in [0.717, 1.165) is 76.3 Å². The van der Waals surface area contributed by atoms with Crippen molar-refractivity contribution in [3.8, 4) is 22.3 Å². The van der Waals surface area contributed by atoms with Crippen LogP contribution in [0.5, 0.6) is 0 Å². The molecular weight excluding hydrogens is 460 g/mol. The van der Waals surface area contributed by atoms with Crippen LogP contribution in [0.15, 0.2) is 73.6 Å². The van der Waals surface area contributed by atoms with Crippen LogP contribution in [-0.4, -0.2) is 43.1 Å². The molecule has 0 fully saturated rings. The number of pyridine rings is 3. The predicted octanol–water partition coefficient (Wildman–Crippen LogP) is 5.85. The number of nitrogens with one attached hydrogen (secondary N) is 3. The third kappa shape index (κ3) is 4.51. The summed E-state index contributed by atoms with van der Waals surface area (Å²) in [5.74, 6) is 0. The molecule has 8 nitrogen and oxygen atoms in total. The van der Waals surface area contributed by atoms with Gasteiger partial charge in [0.2, 0.25) is 0 Å². The second kappa shape index (κ2) is 9.99. The molecule has 1 aliphatic rings. The first-order chi connectivity index (χ1) is 18.2. The van der Waals surface area contributed by atoms with Crippen molar-refractivity contribution < 1.29 is 0 Å². The van der Waals surface area contributed by atoms with Crippen LogP contribution in [0, 0.1) is 0 Å². The van der Waals surface area contributed by atoms with E-state index in [0.29, 0.717) is 0 Å². The van der Waals surface area contributed by atoms with Gasteiger partial charge in [0.15, 0.2) is 0 Å². The highest BCUT2D eigenvalue weighted by atomic mass is 15.2. The van der Waals surface area contributed by atoms with E-state index in [4.69, 9.17) is 0 Å². The third-order valence-electron chi connectivity index (χ3n) is 6.92. The molecule has 1 atom stereocenters. The van der Waals surface area contributed by atoms with Crippen molar-refractivity contribution in [1.29, 1.82) is 0 Å². The molecule has 3 N–H and O–H groups in total. The number of hydrogen-bond donors (Lipinski definition) is 3. The molecule has 0 saturated heterocycles. The van der Waals surface area contributed by atoms with Gasteiger partial charge in [0.1, 0.15) is 6.17 Å². The van der Waals surface area contributed by atoms with Gasteiger partial charge in [-0.1, -0.05) is 19.9 Å². The lowest BCUT2D eigenvalue weighted by atomic mass is 10.0. The monoisotopic (exact) mass is 490 g/mol. The Balaban J connectivity index is 1.30. The Morgan fingerprint density at radius 3 is 2.54 bits per heavy atom. The van der Waals surface area contributed by atoms with Crippen LogP contribution in [0.1, 0.15) is 37.7 Å². The maximum absolute atomic E-state index is 4.58. The Hall–Kier alpha value is -4.30. The molecule has 8 heteroatoms. The van der Waals surface area contributed by atoms with Crippen molar-refractivity contribution in [2.24, 2.45) is 0 Å². The van der Waals surface area contributed by atoms with Crippen LogP contribution in [0.4, 0.5) is 11.4 Å². The number of H-pyrrole nitrogens is 1. The highest BCUT2D eigenvalue weighted by Crippen LogP contribution is 2.42. The molecule has 5 heterocycles. The van der Waals surface area contributed by atoms with Crippen molar-refractivity contribution in [1.82, 2.24) is 30.0 Å². The number of fused-ring (bicyclic) bond motifs is 2. The molecule has 6 rings (SSSR count). The molecule has 0 bridgehead atoms. The fourth-order valence-corrected chi connectivity index (χ4v) is 5.04. The first-order valence-corrected chi connectivity index (χ1v) is 12.8. The van der Waals surface area contributed by atoms with Gasteiger partial charge < -0.3 is 10.6 Å². The Morgan fingerprint density at radius 1 is 0.838 bits per heavy atom. The van der Waals surface area contributed by atoms with Crippen molar-refractivity contribution in [2.45, 2.75) is 33.0 Å². The fraction of sp³-hybridized carbons (Fsp3) is 0.241. The van der Waals surface area contributed by atoms with Gasteiger partial charge >= 0.3 is 0 Å². The number of rotatable bonds is 8. The zero-order valence-corrected chi connectivity index (χ0v) is 21.1. The lowest BCUT2D eigenvalue weighted by Crippen LogP contribution is -2.23. The summed E-state index contributed by atoms with van der Waals surface area (Å²) in [7, 11) is 0. The highest BCUT2D eigenvalue weighted by molar-refractivity contribution is 5.92. The number of aromatic amines is 1. The lowest BCUT2D eigenvalue weighted by molar-refractivity contribution is 0.280. The summed E-state index contributed by atoms with van der Waals surface area (Å²) in [6.45, 7) is 7.46. The van der Waals surface area contributed by atoms with E-state index in [9.17, 15) is 0 Å². The Morgan fingerprint density at radius 2 is 1.70 bits per heavy atom. The summed E-state index contributed by atoms with van der Waals surface area (Å²) in [6.07, 6.45) is 12.2. The van der Waals surface area contributed by atoms with Gasteiger partial charge in [-0.2, -0.15) is 5.10 Å². The summed E-state index contributed by atoms with van der Waals surface area (Å²) in [6, 6.07) is 12.6. The summed E-state index contributed by atoms with van der Waals surface area (Å²) in [4.78, 5) is 15.6. The summed E-state index contributed by atoms with van der Waals surface area (Å²) in [5, 5.41) is 16.1. The van der Waals surface area contributed by atoms with Crippen LogP contribution in [0.3, 0.4) is 0 Å². The van der Waals surface area contributed by atoms with Crippen molar-refractivity contribution >= 4 is 22.3 Å². The molecule has 0 radical (unpaired) electrons. The van der Waals surface area contributed by atoms with E-state index in [-0.39, 0.29) is 6.17 Å². The number of aromatic nitrogens is 5. The molecule has 186 valence electrons. The third-order valence-corrected chi connectivity index (χ3v) is 6.92. The average Bonchev–Trinajstić information content (AvgIpc) is 3.57. The number of nitrogens with zero attached hydrogens (tertiary/aromatic N) is 5. The maximum atomic E-state index is 4.58. The van der Waals surface area contributed by atoms with Crippen LogP contribution >= 0.6 is 0 Å². The van der Waals surface area contributed by atoms with Gasteiger partial charge in [-0.25, -0.2) is 0 Å². The van der Waals surface area contributed by atoms with Crippen LogP contribution in [0.2, 0.25) is 0 Å². The molecule has 0 saturated carbocycles. The maximum Gasteiger partial charge on any atom is 0.141 e. The minimum atomic E-state index is -0.156. The summed E-state index contributed by atoms with van der Waals surface area (Å²) in [5.41, 5.74) is 9.46. The van der Waals surface area contributed by atoms with E-state index in [1.54, 1.807) is 12.4 Å². The van der Waals surface area contributed by atoms with E-state index in [1.807, 2.05) is 36.9 Å². The molecule has 1 unspecified atom stereocenters. The summed E-state index contributed by atoms with van der Waals surface area (Å²) >= 11 is 0. The van der Waals surface area contributed by atoms with Gasteiger partial charge in [0.25, 0.3) is 0 Å². The van der Waals surface area contributed by atoms with Crippen molar-refractivity contribution in [2.75, 3.05) is 23.7 Å². The molecule has 37 heavy (non-hydrogen) atoms. The minimum absolute atomic E-state index is 0.156. The second-order valence-electron chi connectivity index (χ2n) is 9.39. The Kier molecular flexibility index (Phi) is 6.24. The largest absolute Gasteiger partial charge is 0.358 e. The normalized spacial score (nSPS) is 14.5. The topological polar surface area (TPSA) is 94.7 Å². The quantitative estimate of drug-likeness (QED) is 0.251. The zero-order valence-electron chi connectivity index (χ0n) is 21.1. The van der Waals surface area contributed by atoms with E-state index < -0.39 is 0 Å².